The van der Waals surface area contributed by atoms with Crippen LogP contribution in [-0.4, -0.2) is 4.98 Å². The number of halogens is 3. The zero-order valence-corrected chi connectivity index (χ0v) is 11.0. The van der Waals surface area contributed by atoms with Crippen molar-refractivity contribution in [3.8, 4) is 0 Å². The number of aromatic nitrogens is 1. The standard InChI is InChI=1S/C12H9BrClFN2/c13-9-2-1-5-17-12(9)11(16)8-4-3-7(14)6-10(8)15/h1-6,11H,16H2. The molecule has 5 heteroatoms. The van der Waals surface area contributed by atoms with Gasteiger partial charge in [-0.3, -0.25) is 4.98 Å². The Morgan fingerprint density at radius 1 is 1.35 bits per heavy atom. The molecule has 17 heavy (non-hydrogen) atoms. The Kier molecular flexibility index (Phi) is 3.76. The zero-order valence-electron chi connectivity index (χ0n) is 8.70. The molecule has 1 atom stereocenters. The summed E-state index contributed by atoms with van der Waals surface area (Å²) in [6.45, 7) is 0. The molecule has 2 rings (SSSR count). The molecule has 1 unspecified atom stereocenters. The van der Waals surface area contributed by atoms with Gasteiger partial charge in [0, 0.05) is 21.3 Å². The van der Waals surface area contributed by atoms with E-state index in [1.165, 1.54) is 6.07 Å². The number of nitrogens with zero attached hydrogens (tertiary/aromatic N) is 1. The fourth-order valence-corrected chi connectivity index (χ4v) is 2.19. The van der Waals surface area contributed by atoms with E-state index >= 15 is 0 Å². The number of nitrogens with two attached hydrogens (primary N) is 1. The van der Waals surface area contributed by atoms with E-state index in [2.05, 4.69) is 20.9 Å². The fourth-order valence-electron chi connectivity index (χ4n) is 1.53. The number of hydrogen-bond donors (Lipinski definition) is 1. The molecule has 2 nitrogen and oxygen atoms in total. The first-order valence-corrected chi connectivity index (χ1v) is 6.07. The lowest BCUT2D eigenvalue weighted by atomic mass is 10.0. The molecule has 0 fully saturated rings. The molecule has 0 saturated heterocycles. The second-order valence-electron chi connectivity index (χ2n) is 3.51. The van der Waals surface area contributed by atoms with Crippen LogP contribution in [-0.2, 0) is 0 Å². The van der Waals surface area contributed by atoms with Crippen LogP contribution in [0.2, 0.25) is 5.02 Å². The quantitative estimate of drug-likeness (QED) is 0.918. The molecule has 0 amide bonds. The largest absolute Gasteiger partial charge is 0.319 e. The van der Waals surface area contributed by atoms with Crippen LogP contribution in [0.15, 0.2) is 41.0 Å². The molecular weight excluding hydrogens is 307 g/mol. The van der Waals surface area contributed by atoms with Gasteiger partial charge in [-0.15, -0.1) is 0 Å². The van der Waals surface area contributed by atoms with Crippen molar-refractivity contribution in [3.63, 3.8) is 0 Å². The van der Waals surface area contributed by atoms with Gasteiger partial charge in [0.2, 0.25) is 0 Å². The summed E-state index contributed by atoms with van der Waals surface area (Å²) in [5, 5.41) is 0.346. The van der Waals surface area contributed by atoms with Crippen LogP contribution in [0.3, 0.4) is 0 Å². The number of rotatable bonds is 2. The molecule has 1 aromatic heterocycles. The third-order valence-electron chi connectivity index (χ3n) is 2.38. The van der Waals surface area contributed by atoms with Gasteiger partial charge >= 0.3 is 0 Å². The van der Waals surface area contributed by atoms with E-state index in [1.54, 1.807) is 24.4 Å². The minimum atomic E-state index is -0.622. The highest BCUT2D eigenvalue weighted by Gasteiger charge is 2.17. The van der Waals surface area contributed by atoms with Gasteiger partial charge in [0.1, 0.15) is 5.82 Å². The monoisotopic (exact) mass is 314 g/mol. The second kappa shape index (κ2) is 5.12. The van der Waals surface area contributed by atoms with Crippen LogP contribution in [0.4, 0.5) is 4.39 Å². The van der Waals surface area contributed by atoms with Crippen molar-refractivity contribution in [1.82, 2.24) is 4.98 Å². The number of pyridine rings is 1. The normalized spacial score (nSPS) is 12.5. The molecule has 0 aliphatic carbocycles. The molecule has 0 aliphatic heterocycles. The molecule has 2 aromatic rings. The second-order valence-corrected chi connectivity index (χ2v) is 4.80. The van der Waals surface area contributed by atoms with Gasteiger partial charge in [0.25, 0.3) is 0 Å². The summed E-state index contributed by atoms with van der Waals surface area (Å²) in [6, 6.07) is 7.39. The summed E-state index contributed by atoms with van der Waals surface area (Å²) >= 11 is 9.04. The van der Waals surface area contributed by atoms with Crippen molar-refractivity contribution in [1.29, 1.82) is 0 Å². The highest BCUT2D eigenvalue weighted by Crippen LogP contribution is 2.27. The van der Waals surface area contributed by atoms with Crippen molar-refractivity contribution in [2.45, 2.75) is 6.04 Å². The lowest BCUT2D eigenvalue weighted by Crippen LogP contribution is -2.15. The van der Waals surface area contributed by atoms with Crippen molar-refractivity contribution in [3.05, 3.63) is 63.1 Å². The Balaban J connectivity index is 2.44. The Hall–Kier alpha value is -0.970. The first-order chi connectivity index (χ1) is 8.09. The maximum atomic E-state index is 13.7. The fraction of sp³-hybridized carbons (Fsp3) is 0.0833. The average Bonchev–Trinajstić information content (AvgIpc) is 2.29. The summed E-state index contributed by atoms with van der Waals surface area (Å²) in [7, 11) is 0. The van der Waals surface area contributed by atoms with Gasteiger partial charge in [0.15, 0.2) is 0 Å². The predicted molar refractivity (Wildman–Crippen MR) is 69.4 cm³/mol. The SMILES string of the molecule is NC(c1ccc(Cl)cc1F)c1ncccc1Br. The number of benzene rings is 1. The van der Waals surface area contributed by atoms with E-state index < -0.39 is 11.9 Å². The van der Waals surface area contributed by atoms with Crippen LogP contribution >= 0.6 is 27.5 Å². The summed E-state index contributed by atoms with van der Waals surface area (Å²) in [4.78, 5) is 4.15. The maximum Gasteiger partial charge on any atom is 0.129 e. The van der Waals surface area contributed by atoms with Crippen molar-refractivity contribution in [2.75, 3.05) is 0 Å². The molecule has 88 valence electrons. The molecule has 0 radical (unpaired) electrons. The van der Waals surface area contributed by atoms with Crippen molar-refractivity contribution < 1.29 is 4.39 Å². The van der Waals surface area contributed by atoms with E-state index in [0.29, 0.717) is 16.3 Å². The topological polar surface area (TPSA) is 38.9 Å². The molecule has 1 heterocycles. The molecule has 1 aromatic carbocycles. The van der Waals surface area contributed by atoms with Crippen molar-refractivity contribution in [2.24, 2.45) is 5.73 Å². The minimum Gasteiger partial charge on any atom is -0.319 e. The molecule has 0 bridgehead atoms. The Morgan fingerprint density at radius 2 is 2.12 bits per heavy atom. The first-order valence-electron chi connectivity index (χ1n) is 4.90. The third-order valence-corrected chi connectivity index (χ3v) is 3.28. The molecular formula is C12H9BrClFN2. The Labute approximate surface area is 112 Å². The van der Waals surface area contributed by atoms with Crippen LogP contribution in [0.5, 0.6) is 0 Å². The number of hydrogen-bond acceptors (Lipinski definition) is 2. The van der Waals surface area contributed by atoms with Crippen LogP contribution in [0.1, 0.15) is 17.3 Å². The lowest BCUT2D eigenvalue weighted by Gasteiger charge is -2.14. The summed E-state index contributed by atoms with van der Waals surface area (Å²) in [5.74, 6) is -0.428. The van der Waals surface area contributed by atoms with Gasteiger partial charge < -0.3 is 5.73 Å². The third kappa shape index (κ3) is 2.65. The summed E-state index contributed by atoms with van der Waals surface area (Å²) < 4.78 is 14.5. The van der Waals surface area contributed by atoms with Gasteiger partial charge in [-0.2, -0.15) is 0 Å². The van der Waals surface area contributed by atoms with Crippen LogP contribution < -0.4 is 5.73 Å². The van der Waals surface area contributed by atoms with Crippen LogP contribution in [0, 0.1) is 5.82 Å². The molecule has 0 aliphatic rings. The highest BCUT2D eigenvalue weighted by atomic mass is 79.9. The highest BCUT2D eigenvalue weighted by molar-refractivity contribution is 9.10. The molecule has 0 spiro atoms. The van der Waals surface area contributed by atoms with Gasteiger partial charge in [-0.05, 0) is 40.2 Å². The van der Waals surface area contributed by atoms with E-state index in [4.69, 9.17) is 17.3 Å². The molecule has 0 saturated carbocycles. The molecule has 2 N–H and O–H groups in total. The smallest absolute Gasteiger partial charge is 0.129 e. The predicted octanol–water partition coefficient (Wildman–Crippen LogP) is 3.68. The minimum absolute atomic E-state index is 0.346. The van der Waals surface area contributed by atoms with E-state index in [9.17, 15) is 4.39 Å². The summed E-state index contributed by atoms with van der Waals surface area (Å²) in [5.41, 5.74) is 6.95. The zero-order chi connectivity index (χ0) is 12.4. The lowest BCUT2D eigenvalue weighted by molar-refractivity contribution is 0.597. The van der Waals surface area contributed by atoms with Gasteiger partial charge in [0.05, 0.1) is 11.7 Å². The van der Waals surface area contributed by atoms with Gasteiger partial charge in [-0.1, -0.05) is 17.7 Å². The average molecular weight is 316 g/mol. The maximum absolute atomic E-state index is 13.7. The Bertz CT molecular complexity index is 548. The van der Waals surface area contributed by atoms with Crippen LogP contribution in [0.25, 0.3) is 0 Å². The Morgan fingerprint density at radius 3 is 2.76 bits per heavy atom. The van der Waals surface area contributed by atoms with E-state index in [0.717, 1.165) is 4.47 Å². The van der Waals surface area contributed by atoms with Gasteiger partial charge in [-0.25, -0.2) is 4.39 Å². The summed E-state index contributed by atoms with van der Waals surface area (Å²) in [6.07, 6.45) is 1.62. The van der Waals surface area contributed by atoms with Crippen molar-refractivity contribution >= 4 is 27.5 Å². The van der Waals surface area contributed by atoms with E-state index in [-0.39, 0.29) is 0 Å². The van der Waals surface area contributed by atoms with E-state index in [1.807, 2.05) is 6.07 Å². The first kappa shape index (κ1) is 12.5.